The third kappa shape index (κ3) is 3.73. The fourth-order valence-corrected chi connectivity index (χ4v) is 6.36. The van der Waals surface area contributed by atoms with Gasteiger partial charge < -0.3 is 0 Å². The molecule has 4 rings (SSSR count). The van der Waals surface area contributed by atoms with E-state index in [9.17, 15) is 0 Å². The summed E-state index contributed by atoms with van der Waals surface area (Å²) < 4.78 is 0. The molecule has 0 aliphatic heterocycles. The molecule has 2 saturated carbocycles. The highest BCUT2D eigenvalue weighted by atomic mass is 14.3. The van der Waals surface area contributed by atoms with Crippen molar-refractivity contribution < 1.29 is 0 Å². The van der Waals surface area contributed by atoms with E-state index >= 15 is 0 Å². The van der Waals surface area contributed by atoms with Crippen LogP contribution in [0, 0.1) is 23.7 Å². The van der Waals surface area contributed by atoms with Crippen LogP contribution in [0.2, 0.25) is 0 Å². The molecule has 0 N–H and O–H groups in total. The average Bonchev–Trinajstić information content (AvgIpc) is 2.96. The van der Waals surface area contributed by atoms with Crippen molar-refractivity contribution in [3.63, 3.8) is 0 Å². The first kappa shape index (κ1) is 16.7. The Labute approximate surface area is 149 Å². The fourth-order valence-electron chi connectivity index (χ4n) is 6.36. The molecule has 0 aromatic heterocycles. The van der Waals surface area contributed by atoms with Gasteiger partial charge in [0, 0.05) is 0 Å². The first-order valence-electron chi connectivity index (χ1n) is 10.8. The van der Waals surface area contributed by atoms with Crippen LogP contribution in [0.1, 0.15) is 94.2 Å². The molecule has 0 saturated heterocycles. The summed E-state index contributed by atoms with van der Waals surface area (Å²) in [6, 6.07) is 7.57. The van der Waals surface area contributed by atoms with Gasteiger partial charge in [-0.15, -0.1) is 0 Å². The van der Waals surface area contributed by atoms with E-state index in [1.165, 1.54) is 70.6 Å². The number of hydrogen-bond acceptors (Lipinski definition) is 0. The second-order valence-corrected chi connectivity index (χ2v) is 9.66. The summed E-state index contributed by atoms with van der Waals surface area (Å²) in [7, 11) is 0. The van der Waals surface area contributed by atoms with Crippen LogP contribution in [0.15, 0.2) is 18.2 Å². The van der Waals surface area contributed by atoms with Gasteiger partial charge in [0.05, 0.1) is 0 Å². The van der Waals surface area contributed by atoms with Gasteiger partial charge in [-0.3, -0.25) is 0 Å². The molecule has 3 atom stereocenters. The van der Waals surface area contributed by atoms with Crippen LogP contribution in [-0.2, 0) is 12.8 Å². The van der Waals surface area contributed by atoms with Gasteiger partial charge in [0.15, 0.2) is 0 Å². The fraction of sp³-hybridized carbons (Fsp3) is 0.750. The highest BCUT2D eigenvalue weighted by molar-refractivity contribution is 5.37. The Bertz CT molecular complexity index is 541. The molecule has 3 aliphatic carbocycles. The van der Waals surface area contributed by atoms with Crippen LogP contribution >= 0.6 is 0 Å². The Morgan fingerprint density at radius 2 is 1.50 bits per heavy atom. The zero-order valence-electron chi connectivity index (χ0n) is 15.9. The van der Waals surface area contributed by atoms with Crippen LogP contribution in [-0.4, -0.2) is 0 Å². The smallest absolute Gasteiger partial charge is 0.0162 e. The minimum atomic E-state index is 0.864. The van der Waals surface area contributed by atoms with Gasteiger partial charge in [-0.25, -0.2) is 0 Å². The first-order valence-corrected chi connectivity index (χ1v) is 10.8. The standard InChI is InChI=1S/C24H36/c1-17-10-18(2)12-19(11-17)13-20-14-22-8-9-23(16-24(22)15-20)21-6-4-3-5-7-21/h8-9,16-21H,3-7,10-15H2,1-2H3. The maximum absolute atomic E-state index is 2.61. The highest BCUT2D eigenvalue weighted by Crippen LogP contribution is 2.41. The Morgan fingerprint density at radius 1 is 0.792 bits per heavy atom. The molecule has 0 nitrogen and oxygen atoms in total. The predicted octanol–water partition coefficient (Wildman–Crippen LogP) is 6.91. The Morgan fingerprint density at radius 3 is 2.25 bits per heavy atom. The minimum Gasteiger partial charge on any atom is -0.0625 e. The molecule has 0 heteroatoms. The summed E-state index contributed by atoms with van der Waals surface area (Å²) in [4.78, 5) is 0. The molecule has 1 aromatic rings. The summed E-state index contributed by atoms with van der Waals surface area (Å²) in [5.41, 5.74) is 5.05. The molecular formula is C24H36. The highest BCUT2D eigenvalue weighted by Gasteiger charge is 2.29. The Kier molecular flexibility index (Phi) is 5.02. The van der Waals surface area contributed by atoms with Gasteiger partial charge in [-0.2, -0.15) is 0 Å². The summed E-state index contributed by atoms with van der Waals surface area (Å²) in [6.07, 6.45) is 15.9. The number of benzene rings is 1. The van der Waals surface area contributed by atoms with E-state index in [4.69, 9.17) is 0 Å². The summed E-state index contributed by atoms with van der Waals surface area (Å²) in [5, 5.41) is 0. The molecule has 0 spiro atoms. The van der Waals surface area contributed by atoms with Crippen LogP contribution in [0.4, 0.5) is 0 Å². The van der Waals surface area contributed by atoms with Gasteiger partial charge in [-0.05, 0) is 97.6 Å². The Hall–Kier alpha value is -0.780. The van der Waals surface area contributed by atoms with E-state index in [1.54, 1.807) is 16.7 Å². The van der Waals surface area contributed by atoms with Crippen molar-refractivity contribution in [1.82, 2.24) is 0 Å². The molecule has 3 aliphatic rings. The van der Waals surface area contributed by atoms with E-state index < -0.39 is 0 Å². The number of hydrogen-bond donors (Lipinski definition) is 0. The molecule has 0 radical (unpaired) electrons. The molecule has 0 amide bonds. The third-order valence-electron chi connectivity index (χ3n) is 7.27. The number of fused-ring (bicyclic) bond motifs is 1. The van der Waals surface area contributed by atoms with Crippen LogP contribution in [0.25, 0.3) is 0 Å². The molecule has 2 fully saturated rings. The van der Waals surface area contributed by atoms with E-state index in [0.29, 0.717) is 0 Å². The van der Waals surface area contributed by atoms with Crippen LogP contribution in [0.3, 0.4) is 0 Å². The zero-order valence-corrected chi connectivity index (χ0v) is 15.9. The first-order chi connectivity index (χ1) is 11.7. The third-order valence-corrected chi connectivity index (χ3v) is 7.27. The average molecular weight is 325 g/mol. The SMILES string of the molecule is CC1CC(C)CC(CC2Cc3ccc(C4CCCCC4)cc3C2)C1. The van der Waals surface area contributed by atoms with Crippen molar-refractivity contribution in [2.24, 2.45) is 23.7 Å². The summed E-state index contributed by atoms with van der Waals surface area (Å²) in [5.74, 6) is 4.72. The Balaban J connectivity index is 1.38. The van der Waals surface area contributed by atoms with Crippen molar-refractivity contribution >= 4 is 0 Å². The molecule has 24 heavy (non-hydrogen) atoms. The van der Waals surface area contributed by atoms with Crippen molar-refractivity contribution in [3.8, 4) is 0 Å². The van der Waals surface area contributed by atoms with E-state index in [0.717, 1.165) is 29.6 Å². The topological polar surface area (TPSA) is 0 Å². The lowest BCUT2D eigenvalue weighted by Gasteiger charge is -2.32. The maximum Gasteiger partial charge on any atom is -0.0162 e. The van der Waals surface area contributed by atoms with Gasteiger partial charge in [-0.1, -0.05) is 51.3 Å². The maximum atomic E-state index is 2.61. The summed E-state index contributed by atoms with van der Waals surface area (Å²) in [6.45, 7) is 4.95. The second-order valence-electron chi connectivity index (χ2n) is 9.66. The number of rotatable bonds is 3. The van der Waals surface area contributed by atoms with Crippen molar-refractivity contribution in [3.05, 3.63) is 34.9 Å². The lowest BCUT2D eigenvalue weighted by Crippen LogP contribution is -2.22. The largest absolute Gasteiger partial charge is 0.0625 e. The van der Waals surface area contributed by atoms with Crippen LogP contribution in [0.5, 0.6) is 0 Å². The molecule has 3 unspecified atom stereocenters. The molecular weight excluding hydrogens is 288 g/mol. The van der Waals surface area contributed by atoms with E-state index in [1.807, 2.05) is 0 Å². The van der Waals surface area contributed by atoms with Crippen molar-refractivity contribution in [1.29, 1.82) is 0 Å². The van der Waals surface area contributed by atoms with Gasteiger partial charge in [0.2, 0.25) is 0 Å². The van der Waals surface area contributed by atoms with Crippen molar-refractivity contribution in [2.75, 3.05) is 0 Å². The van der Waals surface area contributed by atoms with Crippen molar-refractivity contribution in [2.45, 2.75) is 90.4 Å². The lowest BCUT2D eigenvalue weighted by molar-refractivity contribution is 0.190. The molecule has 1 aromatic carbocycles. The zero-order chi connectivity index (χ0) is 16.5. The molecule has 0 heterocycles. The second kappa shape index (κ2) is 7.22. The van der Waals surface area contributed by atoms with Gasteiger partial charge >= 0.3 is 0 Å². The predicted molar refractivity (Wildman–Crippen MR) is 103 cm³/mol. The quantitative estimate of drug-likeness (QED) is 0.566. The normalized spacial score (nSPS) is 34.2. The van der Waals surface area contributed by atoms with E-state index in [2.05, 4.69) is 32.0 Å². The van der Waals surface area contributed by atoms with Gasteiger partial charge in [0.1, 0.15) is 0 Å². The van der Waals surface area contributed by atoms with Gasteiger partial charge in [0.25, 0.3) is 0 Å². The monoisotopic (exact) mass is 324 g/mol. The summed E-state index contributed by atoms with van der Waals surface area (Å²) >= 11 is 0. The van der Waals surface area contributed by atoms with Crippen LogP contribution < -0.4 is 0 Å². The minimum absolute atomic E-state index is 0.864. The molecule has 0 bridgehead atoms. The van der Waals surface area contributed by atoms with E-state index in [-0.39, 0.29) is 0 Å². The molecule has 132 valence electrons. The lowest BCUT2D eigenvalue weighted by atomic mass is 9.73.